The number of carbonyl (C=O) groups excluding carboxylic acids is 1. The molecule has 128 valence electrons. The van der Waals surface area contributed by atoms with E-state index in [1.165, 1.54) is 5.56 Å². The monoisotopic (exact) mass is 336 g/mol. The molecule has 2 rings (SSSR count). The SMILES string of the molecule is CSCCC(C)NC(=O)NCC1(c2ccccc2)CCOCC1. The van der Waals surface area contributed by atoms with Gasteiger partial charge in [0.15, 0.2) is 0 Å². The molecule has 4 nitrogen and oxygen atoms in total. The summed E-state index contributed by atoms with van der Waals surface area (Å²) in [4.78, 5) is 12.2. The topological polar surface area (TPSA) is 50.4 Å². The fourth-order valence-corrected chi connectivity index (χ4v) is 3.60. The summed E-state index contributed by atoms with van der Waals surface area (Å²) in [5, 5.41) is 6.11. The van der Waals surface area contributed by atoms with E-state index in [1.807, 2.05) is 6.07 Å². The fourth-order valence-electron chi connectivity index (χ4n) is 3.01. The molecule has 23 heavy (non-hydrogen) atoms. The zero-order valence-electron chi connectivity index (χ0n) is 14.1. The molecule has 0 aromatic heterocycles. The van der Waals surface area contributed by atoms with Crippen molar-refractivity contribution in [1.29, 1.82) is 0 Å². The minimum absolute atomic E-state index is 0.0145. The van der Waals surface area contributed by atoms with Gasteiger partial charge in [0, 0.05) is 31.2 Å². The third kappa shape index (κ3) is 5.43. The maximum absolute atomic E-state index is 12.2. The highest BCUT2D eigenvalue weighted by Crippen LogP contribution is 2.34. The molecular weight excluding hydrogens is 308 g/mol. The van der Waals surface area contributed by atoms with E-state index in [0.717, 1.165) is 38.2 Å². The highest BCUT2D eigenvalue weighted by molar-refractivity contribution is 7.98. The molecule has 0 radical (unpaired) electrons. The van der Waals surface area contributed by atoms with E-state index in [1.54, 1.807) is 11.8 Å². The number of carbonyl (C=O) groups is 1. The quantitative estimate of drug-likeness (QED) is 0.804. The number of urea groups is 1. The molecule has 1 saturated heterocycles. The summed E-state index contributed by atoms with van der Waals surface area (Å²) in [6.07, 6.45) is 4.96. The number of hydrogen-bond donors (Lipinski definition) is 2. The Morgan fingerprint density at radius 2 is 2.00 bits per heavy atom. The van der Waals surface area contributed by atoms with E-state index in [2.05, 4.69) is 48.1 Å². The van der Waals surface area contributed by atoms with E-state index < -0.39 is 0 Å². The second-order valence-electron chi connectivity index (χ2n) is 6.27. The molecule has 0 aliphatic carbocycles. The van der Waals surface area contributed by atoms with Gasteiger partial charge in [-0.2, -0.15) is 11.8 Å². The number of amides is 2. The summed E-state index contributed by atoms with van der Waals surface area (Å²) in [7, 11) is 0. The Morgan fingerprint density at radius 3 is 2.65 bits per heavy atom. The number of thioether (sulfide) groups is 1. The minimum Gasteiger partial charge on any atom is -0.381 e. The maximum atomic E-state index is 12.2. The normalized spacial score (nSPS) is 18.2. The Labute approximate surface area is 143 Å². The van der Waals surface area contributed by atoms with Gasteiger partial charge in [-0.15, -0.1) is 0 Å². The lowest BCUT2D eigenvalue weighted by Crippen LogP contribution is -2.49. The smallest absolute Gasteiger partial charge is 0.315 e. The van der Waals surface area contributed by atoms with Crippen LogP contribution in [0.1, 0.15) is 31.7 Å². The average molecular weight is 337 g/mol. The van der Waals surface area contributed by atoms with Crippen molar-refractivity contribution in [3.8, 4) is 0 Å². The molecule has 1 aromatic carbocycles. The Bertz CT molecular complexity index is 475. The van der Waals surface area contributed by atoms with Crippen molar-refractivity contribution < 1.29 is 9.53 Å². The number of benzene rings is 1. The van der Waals surface area contributed by atoms with Gasteiger partial charge in [0.25, 0.3) is 0 Å². The van der Waals surface area contributed by atoms with Crippen LogP contribution in [0.4, 0.5) is 4.79 Å². The zero-order chi connectivity index (χ0) is 16.5. The lowest BCUT2D eigenvalue weighted by atomic mass is 9.74. The maximum Gasteiger partial charge on any atom is 0.315 e. The van der Waals surface area contributed by atoms with Crippen LogP contribution in [-0.2, 0) is 10.2 Å². The van der Waals surface area contributed by atoms with Crippen LogP contribution in [0.15, 0.2) is 30.3 Å². The van der Waals surface area contributed by atoms with Crippen molar-refractivity contribution >= 4 is 17.8 Å². The molecule has 1 aromatic rings. The van der Waals surface area contributed by atoms with Crippen molar-refractivity contribution in [3.63, 3.8) is 0 Å². The van der Waals surface area contributed by atoms with Gasteiger partial charge in [0.2, 0.25) is 0 Å². The molecule has 1 fully saturated rings. The molecular formula is C18H28N2O2S. The summed E-state index contributed by atoms with van der Waals surface area (Å²) in [6, 6.07) is 10.6. The molecule has 5 heteroatoms. The summed E-state index contributed by atoms with van der Waals surface area (Å²) >= 11 is 1.80. The third-order valence-corrected chi connectivity index (χ3v) is 5.20. The van der Waals surface area contributed by atoms with E-state index in [-0.39, 0.29) is 17.5 Å². The van der Waals surface area contributed by atoms with E-state index in [4.69, 9.17) is 4.74 Å². The van der Waals surface area contributed by atoms with Crippen molar-refractivity contribution in [2.45, 2.75) is 37.6 Å². The van der Waals surface area contributed by atoms with Crippen LogP contribution in [0, 0.1) is 0 Å². The van der Waals surface area contributed by atoms with Crippen LogP contribution in [0.2, 0.25) is 0 Å². The van der Waals surface area contributed by atoms with Gasteiger partial charge in [-0.05, 0) is 43.8 Å². The summed E-state index contributed by atoms with van der Waals surface area (Å²) in [6.45, 7) is 4.21. The first-order valence-electron chi connectivity index (χ1n) is 8.33. The third-order valence-electron chi connectivity index (χ3n) is 4.56. The fraction of sp³-hybridized carbons (Fsp3) is 0.611. The Balaban J connectivity index is 1.93. The molecule has 1 aliphatic rings. The second-order valence-corrected chi connectivity index (χ2v) is 7.25. The van der Waals surface area contributed by atoms with Gasteiger partial charge >= 0.3 is 6.03 Å². The molecule has 1 heterocycles. The Morgan fingerprint density at radius 1 is 1.30 bits per heavy atom. The van der Waals surface area contributed by atoms with E-state index in [9.17, 15) is 4.79 Å². The van der Waals surface area contributed by atoms with Crippen LogP contribution in [-0.4, -0.2) is 43.8 Å². The molecule has 1 aliphatic heterocycles. The largest absolute Gasteiger partial charge is 0.381 e. The molecule has 0 spiro atoms. The van der Waals surface area contributed by atoms with Crippen molar-refractivity contribution in [2.24, 2.45) is 0 Å². The van der Waals surface area contributed by atoms with Gasteiger partial charge < -0.3 is 15.4 Å². The van der Waals surface area contributed by atoms with Crippen molar-refractivity contribution in [3.05, 3.63) is 35.9 Å². The first kappa shape index (κ1) is 18.1. The van der Waals surface area contributed by atoms with E-state index >= 15 is 0 Å². The van der Waals surface area contributed by atoms with Gasteiger partial charge in [-0.3, -0.25) is 0 Å². The molecule has 2 N–H and O–H groups in total. The second kappa shape index (κ2) is 9.18. The average Bonchev–Trinajstić information content (AvgIpc) is 2.60. The number of ether oxygens (including phenoxy) is 1. The summed E-state index contributed by atoms with van der Waals surface area (Å²) in [5.74, 6) is 1.06. The molecule has 0 bridgehead atoms. The minimum atomic E-state index is -0.0691. The Hall–Kier alpha value is -1.20. The summed E-state index contributed by atoms with van der Waals surface area (Å²) in [5.41, 5.74) is 1.28. The predicted molar refractivity (Wildman–Crippen MR) is 97.2 cm³/mol. The molecule has 1 unspecified atom stereocenters. The van der Waals surface area contributed by atoms with Crippen LogP contribution in [0.3, 0.4) is 0 Å². The van der Waals surface area contributed by atoms with Gasteiger partial charge in [-0.25, -0.2) is 4.79 Å². The predicted octanol–water partition coefficient (Wildman–Crippen LogP) is 3.18. The lowest BCUT2D eigenvalue weighted by molar-refractivity contribution is 0.0506. The standard InChI is InChI=1S/C18H28N2O2S/c1-15(8-13-23-2)20-17(21)19-14-18(9-11-22-12-10-18)16-6-4-3-5-7-16/h3-7,15H,8-14H2,1-2H3,(H2,19,20,21). The number of hydrogen-bond acceptors (Lipinski definition) is 3. The highest BCUT2D eigenvalue weighted by Gasteiger charge is 2.34. The molecule has 0 saturated carbocycles. The molecule has 2 amide bonds. The van der Waals surface area contributed by atoms with Gasteiger partial charge in [-0.1, -0.05) is 30.3 Å². The van der Waals surface area contributed by atoms with Crippen molar-refractivity contribution in [2.75, 3.05) is 31.8 Å². The van der Waals surface area contributed by atoms with Crippen molar-refractivity contribution in [1.82, 2.24) is 10.6 Å². The van der Waals surface area contributed by atoms with Crippen LogP contribution in [0.25, 0.3) is 0 Å². The number of nitrogens with one attached hydrogen (secondary N) is 2. The summed E-state index contributed by atoms with van der Waals surface area (Å²) < 4.78 is 5.53. The van der Waals surface area contributed by atoms with Crippen LogP contribution in [0.5, 0.6) is 0 Å². The van der Waals surface area contributed by atoms with Crippen LogP contribution >= 0.6 is 11.8 Å². The first-order chi connectivity index (χ1) is 11.2. The van der Waals surface area contributed by atoms with Gasteiger partial charge in [0.1, 0.15) is 0 Å². The van der Waals surface area contributed by atoms with E-state index in [0.29, 0.717) is 6.54 Å². The zero-order valence-corrected chi connectivity index (χ0v) is 15.0. The van der Waals surface area contributed by atoms with Gasteiger partial charge in [0.05, 0.1) is 0 Å². The number of rotatable bonds is 7. The van der Waals surface area contributed by atoms with Crippen LogP contribution < -0.4 is 10.6 Å². The first-order valence-corrected chi connectivity index (χ1v) is 9.72. The molecule has 1 atom stereocenters. The lowest BCUT2D eigenvalue weighted by Gasteiger charge is -2.38. The highest BCUT2D eigenvalue weighted by atomic mass is 32.2. The Kier molecular flexibility index (Phi) is 7.24.